The van der Waals surface area contributed by atoms with Gasteiger partial charge in [0, 0.05) is 24.4 Å². The molecule has 4 nitrogen and oxygen atoms in total. The van der Waals surface area contributed by atoms with Crippen molar-refractivity contribution < 1.29 is 0 Å². The van der Waals surface area contributed by atoms with Crippen LogP contribution in [-0.4, -0.2) is 20.8 Å². The minimum absolute atomic E-state index is 0.195. The van der Waals surface area contributed by atoms with Gasteiger partial charge in [0.15, 0.2) is 5.82 Å². The number of aryl methyl sites for hydroxylation is 1. The van der Waals surface area contributed by atoms with Gasteiger partial charge in [-0.05, 0) is 32.6 Å². The molecular formula is C11H18N4. The van der Waals surface area contributed by atoms with Crippen LogP contribution in [0, 0.1) is 0 Å². The average molecular weight is 206 g/mol. The third-order valence-corrected chi connectivity index (χ3v) is 3.51. The van der Waals surface area contributed by atoms with E-state index in [0.29, 0.717) is 11.8 Å². The highest BCUT2D eigenvalue weighted by atomic mass is 15.4. The van der Waals surface area contributed by atoms with Crippen molar-refractivity contribution in [3.8, 4) is 0 Å². The number of aromatic nitrogens is 3. The van der Waals surface area contributed by atoms with E-state index in [2.05, 4.69) is 21.7 Å². The molecule has 1 fully saturated rings. The van der Waals surface area contributed by atoms with Gasteiger partial charge in [0.1, 0.15) is 5.82 Å². The lowest BCUT2D eigenvalue weighted by atomic mass is 9.93. The standard InChI is InChI=1S/C11H18N4/c1-7(12)9-3-2-6-15-11(9)13-10(14-15)8-4-5-8/h7-9H,2-6,12H2,1H3. The summed E-state index contributed by atoms with van der Waals surface area (Å²) in [5.74, 6) is 3.27. The van der Waals surface area contributed by atoms with Crippen molar-refractivity contribution in [2.24, 2.45) is 5.73 Å². The molecule has 1 aliphatic heterocycles. The Morgan fingerprint density at radius 3 is 2.87 bits per heavy atom. The van der Waals surface area contributed by atoms with Gasteiger partial charge in [0.2, 0.25) is 0 Å². The number of hydrogen-bond acceptors (Lipinski definition) is 3. The van der Waals surface area contributed by atoms with Gasteiger partial charge in [-0.15, -0.1) is 0 Å². The van der Waals surface area contributed by atoms with E-state index in [1.165, 1.54) is 25.7 Å². The Balaban J connectivity index is 1.95. The molecule has 2 unspecified atom stereocenters. The topological polar surface area (TPSA) is 56.7 Å². The van der Waals surface area contributed by atoms with Crippen LogP contribution >= 0.6 is 0 Å². The van der Waals surface area contributed by atoms with Crippen LogP contribution in [0.4, 0.5) is 0 Å². The van der Waals surface area contributed by atoms with E-state index in [4.69, 9.17) is 5.73 Å². The summed E-state index contributed by atoms with van der Waals surface area (Å²) in [5.41, 5.74) is 6.00. The molecule has 1 saturated carbocycles. The maximum absolute atomic E-state index is 6.00. The first-order valence-electron chi connectivity index (χ1n) is 5.96. The first-order valence-corrected chi connectivity index (χ1v) is 5.96. The lowest BCUT2D eigenvalue weighted by Gasteiger charge is -2.24. The zero-order valence-corrected chi connectivity index (χ0v) is 9.19. The second-order valence-electron chi connectivity index (χ2n) is 4.93. The molecule has 1 aliphatic carbocycles. The van der Waals surface area contributed by atoms with Crippen molar-refractivity contribution in [3.63, 3.8) is 0 Å². The van der Waals surface area contributed by atoms with Gasteiger partial charge < -0.3 is 5.73 Å². The van der Waals surface area contributed by atoms with Crippen molar-refractivity contribution in [2.45, 2.75) is 57.0 Å². The molecule has 2 aliphatic rings. The van der Waals surface area contributed by atoms with Gasteiger partial charge in [-0.2, -0.15) is 5.10 Å². The minimum atomic E-state index is 0.195. The summed E-state index contributed by atoms with van der Waals surface area (Å²) in [6.45, 7) is 3.10. The highest BCUT2D eigenvalue weighted by molar-refractivity contribution is 5.11. The van der Waals surface area contributed by atoms with E-state index in [0.717, 1.165) is 18.2 Å². The largest absolute Gasteiger partial charge is 0.327 e. The molecule has 0 aromatic carbocycles. The van der Waals surface area contributed by atoms with Crippen LogP contribution in [-0.2, 0) is 6.54 Å². The molecule has 0 saturated heterocycles. The summed E-state index contributed by atoms with van der Waals surface area (Å²) in [4.78, 5) is 4.69. The number of hydrogen-bond donors (Lipinski definition) is 1. The zero-order valence-electron chi connectivity index (χ0n) is 9.19. The second kappa shape index (κ2) is 3.30. The fourth-order valence-corrected chi connectivity index (χ4v) is 2.41. The molecule has 15 heavy (non-hydrogen) atoms. The summed E-state index contributed by atoms with van der Waals surface area (Å²) in [6, 6.07) is 0.195. The van der Waals surface area contributed by atoms with Crippen LogP contribution in [0.3, 0.4) is 0 Å². The monoisotopic (exact) mass is 206 g/mol. The van der Waals surface area contributed by atoms with Gasteiger partial charge >= 0.3 is 0 Å². The Hall–Kier alpha value is -0.900. The van der Waals surface area contributed by atoms with E-state index < -0.39 is 0 Å². The lowest BCUT2D eigenvalue weighted by molar-refractivity contribution is 0.382. The zero-order chi connectivity index (χ0) is 10.4. The molecule has 3 rings (SSSR count). The summed E-state index contributed by atoms with van der Waals surface area (Å²) in [5, 5.41) is 4.60. The molecule has 82 valence electrons. The Bertz CT molecular complexity index is 365. The van der Waals surface area contributed by atoms with Crippen LogP contribution < -0.4 is 5.73 Å². The van der Waals surface area contributed by atoms with Gasteiger partial charge in [-0.3, -0.25) is 0 Å². The normalized spacial score (nSPS) is 27.5. The smallest absolute Gasteiger partial charge is 0.154 e. The highest BCUT2D eigenvalue weighted by Gasteiger charge is 2.32. The third kappa shape index (κ3) is 1.57. The molecule has 2 atom stereocenters. The summed E-state index contributed by atoms with van der Waals surface area (Å²) >= 11 is 0. The Labute approximate surface area is 89.9 Å². The quantitative estimate of drug-likeness (QED) is 0.795. The van der Waals surface area contributed by atoms with Gasteiger partial charge in [-0.25, -0.2) is 9.67 Å². The molecular weight excluding hydrogens is 188 g/mol. The molecule has 0 spiro atoms. The molecule has 0 radical (unpaired) electrons. The maximum atomic E-state index is 6.00. The van der Waals surface area contributed by atoms with E-state index >= 15 is 0 Å². The SMILES string of the molecule is CC(N)C1CCCn2nc(C3CC3)nc21. The number of fused-ring (bicyclic) bond motifs is 1. The van der Waals surface area contributed by atoms with E-state index in [1.807, 2.05) is 0 Å². The molecule has 4 heteroatoms. The Kier molecular flexibility index (Phi) is 2.06. The first-order chi connectivity index (χ1) is 7.25. The predicted molar refractivity (Wildman–Crippen MR) is 57.6 cm³/mol. The molecule has 1 aromatic rings. The summed E-state index contributed by atoms with van der Waals surface area (Å²) in [6.07, 6.45) is 4.89. The van der Waals surface area contributed by atoms with E-state index in [1.54, 1.807) is 0 Å². The first kappa shape index (κ1) is 9.33. The van der Waals surface area contributed by atoms with Gasteiger partial charge in [0.25, 0.3) is 0 Å². The fourth-order valence-electron chi connectivity index (χ4n) is 2.41. The summed E-state index contributed by atoms with van der Waals surface area (Å²) in [7, 11) is 0. The maximum Gasteiger partial charge on any atom is 0.154 e. The second-order valence-corrected chi connectivity index (χ2v) is 4.93. The molecule has 0 bridgehead atoms. The third-order valence-electron chi connectivity index (χ3n) is 3.51. The van der Waals surface area contributed by atoms with E-state index in [-0.39, 0.29) is 6.04 Å². The lowest BCUT2D eigenvalue weighted by Crippen LogP contribution is -2.30. The number of nitrogens with two attached hydrogens (primary N) is 1. The number of nitrogens with zero attached hydrogens (tertiary/aromatic N) is 3. The van der Waals surface area contributed by atoms with Crippen molar-refractivity contribution in [1.82, 2.24) is 14.8 Å². The van der Waals surface area contributed by atoms with Crippen LogP contribution in [0.15, 0.2) is 0 Å². The summed E-state index contributed by atoms with van der Waals surface area (Å²) < 4.78 is 2.09. The van der Waals surface area contributed by atoms with Crippen LogP contribution in [0.5, 0.6) is 0 Å². The van der Waals surface area contributed by atoms with Gasteiger partial charge in [-0.1, -0.05) is 0 Å². The van der Waals surface area contributed by atoms with Crippen molar-refractivity contribution >= 4 is 0 Å². The van der Waals surface area contributed by atoms with Crippen LogP contribution in [0.2, 0.25) is 0 Å². The molecule has 1 aromatic heterocycles. The fraction of sp³-hybridized carbons (Fsp3) is 0.818. The van der Waals surface area contributed by atoms with Gasteiger partial charge in [0.05, 0.1) is 0 Å². The Morgan fingerprint density at radius 1 is 1.40 bits per heavy atom. The van der Waals surface area contributed by atoms with Crippen molar-refractivity contribution in [1.29, 1.82) is 0 Å². The highest BCUT2D eigenvalue weighted by Crippen LogP contribution is 2.39. The molecule has 2 N–H and O–H groups in total. The minimum Gasteiger partial charge on any atom is -0.327 e. The molecule has 2 heterocycles. The Morgan fingerprint density at radius 2 is 2.20 bits per heavy atom. The van der Waals surface area contributed by atoms with Crippen molar-refractivity contribution in [2.75, 3.05) is 0 Å². The average Bonchev–Trinajstić information content (AvgIpc) is 2.96. The predicted octanol–water partition coefficient (Wildman–Crippen LogP) is 1.38. The van der Waals surface area contributed by atoms with Crippen molar-refractivity contribution in [3.05, 3.63) is 11.6 Å². The van der Waals surface area contributed by atoms with Crippen LogP contribution in [0.25, 0.3) is 0 Å². The molecule has 0 amide bonds. The number of rotatable bonds is 2. The van der Waals surface area contributed by atoms with Crippen LogP contribution in [0.1, 0.15) is 56.1 Å². The van der Waals surface area contributed by atoms with E-state index in [9.17, 15) is 0 Å².